The number of hydrogen-bond donors (Lipinski definition) is 0. The van der Waals surface area contributed by atoms with Crippen molar-refractivity contribution in [3.63, 3.8) is 0 Å². The molecule has 43 valence electrons. The maximum atomic E-state index is 3.25. The van der Waals surface area contributed by atoms with E-state index < -0.39 is 0 Å². The summed E-state index contributed by atoms with van der Waals surface area (Å²) < 4.78 is 0. The van der Waals surface area contributed by atoms with E-state index in [2.05, 4.69) is 33.4 Å². The molecule has 0 bridgehead atoms. The average Bonchev–Trinajstić information content (AvgIpc) is 2.19. The van der Waals surface area contributed by atoms with Crippen LogP contribution in [0.1, 0.15) is 4.88 Å². The molecule has 0 saturated heterocycles. The summed E-state index contributed by atoms with van der Waals surface area (Å²) in [5.74, 6) is 0. The molecule has 0 aromatic carbocycles. The Balaban J connectivity index is 2.50. The van der Waals surface area contributed by atoms with Crippen molar-refractivity contribution in [3.05, 3.63) is 27.7 Å². The smallest absolute Gasteiger partial charge is 0.0322 e. The van der Waals surface area contributed by atoms with E-state index in [0.717, 1.165) is 6.42 Å². The lowest BCUT2D eigenvalue weighted by Crippen LogP contribution is -1.69. The number of halogens is 1. The summed E-state index contributed by atoms with van der Waals surface area (Å²) in [4.78, 5) is 1.40. The average molecular weight is 190 g/mol. The Morgan fingerprint density at radius 2 is 2.62 bits per heavy atom. The molecule has 0 unspecified atom stereocenters. The van der Waals surface area contributed by atoms with Gasteiger partial charge in [0.15, 0.2) is 0 Å². The molecule has 0 atom stereocenters. The van der Waals surface area contributed by atoms with Crippen LogP contribution >= 0.6 is 27.3 Å². The van der Waals surface area contributed by atoms with Crippen LogP contribution in [-0.4, -0.2) is 0 Å². The summed E-state index contributed by atoms with van der Waals surface area (Å²) in [5, 5.41) is 4.07. The molecule has 1 radical (unpaired) electrons. The van der Waals surface area contributed by atoms with Crippen molar-refractivity contribution in [1.29, 1.82) is 0 Å². The minimum Gasteiger partial charge on any atom is -0.149 e. The summed E-state index contributed by atoms with van der Waals surface area (Å²) >= 11 is 5.04. The number of hydrogen-bond acceptors (Lipinski definition) is 1. The van der Waals surface area contributed by atoms with Crippen LogP contribution in [0, 0.1) is 5.33 Å². The van der Waals surface area contributed by atoms with Crippen LogP contribution in [0.2, 0.25) is 0 Å². The Morgan fingerprint density at radius 3 is 3.12 bits per heavy atom. The van der Waals surface area contributed by atoms with Gasteiger partial charge in [0.2, 0.25) is 0 Å². The molecular formula is C6H6BrS. The second-order valence-corrected chi connectivity index (χ2v) is 3.12. The second kappa shape index (κ2) is 3.25. The first-order chi connectivity index (χ1) is 3.93. The van der Waals surface area contributed by atoms with Gasteiger partial charge in [-0.25, -0.2) is 0 Å². The van der Waals surface area contributed by atoms with Crippen molar-refractivity contribution in [2.24, 2.45) is 0 Å². The van der Waals surface area contributed by atoms with Crippen molar-refractivity contribution in [3.8, 4) is 0 Å². The van der Waals surface area contributed by atoms with E-state index in [1.807, 2.05) is 5.33 Å². The molecule has 2 heteroatoms. The molecule has 1 rings (SSSR count). The molecule has 0 fully saturated rings. The van der Waals surface area contributed by atoms with Crippen molar-refractivity contribution in [2.45, 2.75) is 6.42 Å². The molecule has 0 N–H and O–H groups in total. The molecule has 0 nitrogen and oxygen atoms in total. The Labute approximate surface area is 61.7 Å². The third kappa shape index (κ3) is 1.60. The fourth-order valence-electron chi connectivity index (χ4n) is 0.505. The Morgan fingerprint density at radius 1 is 1.75 bits per heavy atom. The van der Waals surface area contributed by atoms with Gasteiger partial charge in [-0.15, -0.1) is 11.3 Å². The van der Waals surface area contributed by atoms with Gasteiger partial charge in [0, 0.05) is 10.2 Å². The van der Waals surface area contributed by atoms with Crippen LogP contribution in [0.3, 0.4) is 0 Å². The molecule has 0 saturated carbocycles. The summed E-state index contributed by atoms with van der Waals surface area (Å²) in [7, 11) is 0. The predicted molar refractivity (Wildman–Crippen MR) is 41.3 cm³/mol. The zero-order valence-electron chi connectivity index (χ0n) is 4.30. The quantitative estimate of drug-likeness (QED) is 0.672. The highest BCUT2D eigenvalue weighted by Crippen LogP contribution is 2.11. The Hall–Kier alpha value is 0.180. The molecule has 8 heavy (non-hydrogen) atoms. The summed E-state index contributed by atoms with van der Waals surface area (Å²) in [5.41, 5.74) is 0. The Bertz CT molecular complexity index is 134. The van der Waals surface area contributed by atoms with Crippen molar-refractivity contribution >= 4 is 27.3 Å². The van der Waals surface area contributed by atoms with Gasteiger partial charge in [-0.05, 0) is 17.9 Å². The lowest BCUT2D eigenvalue weighted by atomic mass is 10.4. The van der Waals surface area contributed by atoms with Gasteiger partial charge < -0.3 is 0 Å². The van der Waals surface area contributed by atoms with Crippen LogP contribution in [-0.2, 0) is 6.42 Å². The van der Waals surface area contributed by atoms with E-state index in [0.29, 0.717) is 0 Å². The third-order valence-corrected chi connectivity index (χ3v) is 2.08. The second-order valence-electron chi connectivity index (χ2n) is 1.44. The van der Waals surface area contributed by atoms with E-state index in [9.17, 15) is 0 Å². The van der Waals surface area contributed by atoms with Gasteiger partial charge in [-0.3, -0.25) is 0 Å². The molecule has 0 aliphatic heterocycles. The van der Waals surface area contributed by atoms with E-state index in [4.69, 9.17) is 0 Å². The van der Waals surface area contributed by atoms with Gasteiger partial charge in [0.25, 0.3) is 0 Å². The first kappa shape index (κ1) is 6.30. The monoisotopic (exact) mass is 189 g/mol. The highest BCUT2D eigenvalue weighted by atomic mass is 79.9. The first-order valence-corrected chi connectivity index (χ1v) is 4.17. The first-order valence-electron chi connectivity index (χ1n) is 2.38. The maximum absolute atomic E-state index is 3.25. The zero-order valence-corrected chi connectivity index (χ0v) is 6.71. The number of rotatable bonds is 2. The predicted octanol–water partition coefficient (Wildman–Crippen LogP) is 2.85. The van der Waals surface area contributed by atoms with Crippen LogP contribution in [0.4, 0.5) is 0 Å². The van der Waals surface area contributed by atoms with E-state index in [1.165, 1.54) is 4.88 Å². The standard InChI is InChI=1S/C6H6BrS/c7-4-3-6-2-1-5-8-6/h1-2,4-5H,3H2. The van der Waals surface area contributed by atoms with Crippen molar-refractivity contribution in [2.75, 3.05) is 0 Å². The van der Waals surface area contributed by atoms with Gasteiger partial charge in [-0.2, -0.15) is 0 Å². The molecule has 0 aliphatic carbocycles. The van der Waals surface area contributed by atoms with Gasteiger partial charge in [0.1, 0.15) is 0 Å². The normalized spacial score (nSPS) is 9.62. The van der Waals surface area contributed by atoms with Crippen LogP contribution in [0.5, 0.6) is 0 Å². The molecule has 0 spiro atoms. The Kier molecular flexibility index (Phi) is 2.56. The summed E-state index contributed by atoms with van der Waals surface area (Å²) in [6.07, 6.45) is 1.04. The largest absolute Gasteiger partial charge is 0.149 e. The fourth-order valence-corrected chi connectivity index (χ4v) is 1.74. The zero-order chi connectivity index (χ0) is 5.82. The molecule has 1 aromatic rings. The summed E-state index contributed by atoms with van der Waals surface area (Å²) in [6, 6.07) is 4.19. The lowest BCUT2D eigenvalue weighted by molar-refractivity contribution is 1.33. The molecule has 1 heterocycles. The minimum absolute atomic E-state index is 1.04. The van der Waals surface area contributed by atoms with Crippen LogP contribution < -0.4 is 0 Å². The van der Waals surface area contributed by atoms with E-state index >= 15 is 0 Å². The van der Waals surface area contributed by atoms with Gasteiger partial charge in [-0.1, -0.05) is 22.0 Å². The van der Waals surface area contributed by atoms with Crippen LogP contribution in [0.15, 0.2) is 17.5 Å². The lowest BCUT2D eigenvalue weighted by Gasteiger charge is -1.84. The molecular weight excluding hydrogens is 184 g/mol. The highest BCUT2D eigenvalue weighted by molar-refractivity contribution is 9.10. The minimum atomic E-state index is 1.04. The SMILES string of the molecule is Br[CH]Cc1cccs1. The third-order valence-electron chi connectivity index (χ3n) is 0.858. The molecule has 0 aliphatic rings. The van der Waals surface area contributed by atoms with E-state index in [-0.39, 0.29) is 0 Å². The molecule has 1 aromatic heterocycles. The fraction of sp³-hybridized carbons (Fsp3) is 0.167. The molecule has 0 amide bonds. The maximum Gasteiger partial charge on any atom is 0.0322 e. The van der Waals surface area contributed by atoms with Gasteiger partial charge in [0.05, 0.1) is 0 Å². The van der Waals surface area contributed by atoms with Crippen LogP contribution in [0.25, 0.3) is 0 Å². The summed E-state index contributed by atoms with van der Waals surface area (Å²) in [6.45, 7) is 0. The van der Waals surface area contributed by atoms with Gasteiger partial charge >= 0.3 is 0 Å². The van der Waals surface area contributed by atoms with Crippen molar-refractivity contribution in [1.82, 2.24) is 0 Å². The highest BCUT2D eigenvalue weighted by Gasteiger charge is 1.88. The number of thiophene rings is 1. The topological polar surface area (TPSA) is 0 Å². The van der Waals surface area contributed by atoms with Crippen molar-refractivity contribution < 1.29 is 0 Å². The van der Waals surface area contributed by atoms with E-state index in [1.54, 1.807) is 11.3 Å².